The molecule has 3 rings (SSSR count). The number of hydrogen-bond acceptors (Lipinski definition) is 7. The van der Waals surface area contributed by atoms with Gasteiger partial charge in [0.25, 0.3) is 5.91 Å². The molecule has 0 spiro atoms. The number of amides is 3. The Labute approximate surface area is 163 Å². The van der Waals surface area contributed by atoms with Crippen molar-refractivity contribution in [3.63, 3.8) is 0 Å². The molecule has 10 heteroatoms. The molecule has 0 saturated carbocycles. The minimum absolute atomic E-state index is 0.124. The average Bonchev–Trinajstić information content (AvgIpc) is 3.14. The molecule has 0 aliphatic carbocycles. The van der Waals surface area contributed by atoms with Crippen LogP contribution in [0.5, 0.6) is 0 Å². The van der Waals surface area contributed by atoms with Gasteiger partial charge in [0.15, 0.2) is 15.7 Å². The number of sulfone groups is 1. The zero-order valence-electron chi connectivity index (χ0n) is 16.3. The number of hydrogen-bond donors (Lipinski definition) is 1. The van der Waals surface area contributed by atoms with Crippen molar-refractivity contribution in [1.82, 2.24) is 20.4 Å². The predicted molar refractivity (Wildman–Crippen MR) is 99.0 cm³/mol. The van der Waals surface area contributed by atoms with Crippen LogP contribution in [0.15, 0.2) is 33.7 Å². The smallest absolute Gasteiger partial charge is 0.325 e. The summed E-state index contributed by atoms with van der Waals surface area (Å²) in [5.74, 6) is 0.158. The summed E-state index contributed by atoms with van der Waals surface area (Å²) < 4.78 is 28.4. The van der Waals surface area contributed by atoms with Crippen LogP contribution < -0.4 is 5.32 Å². The van der Waals surface area contributed by atoms with Crippen LogP contribution in [0.4, 0.5) is 4.79 Å². The zero-order chi connectivity index (χ0) is 20.9. The maximum atomic E-state index is 13.0. The molecule has 1 atom stereocenters. The van der Waals surface area contributed by atoms with Crippen LogP contribution in [0.3, 0.4) is 0 Å². The lowest BCUT2D eigenvalue weighted by Gasteiger charge is -2.22. The normalized spacial score (nSPS) is 20.5. The summed E-state index contributed by atoms with van der Waals surface area (Å²) in [5, 5.41) is 6.51. The molecule has 1 saturated heterocycles. The molecule has 1 aromatic carbocycles. The van der Waals surface area contributed by atoms with Gasteiger partial charge < -0.3 is 9.84 Å². The number of nitrogens with zero attached hydrogens (tertiary/aromatic N) is 3. The molecule has 2 heterocycles. The molecule has 28 heavy (non-hydrogen) atoms. The number of carbonyl (C=O) groups is 2. The molecule has 1 unspecified atom stereocenters. The summed E-state index contributed by atoms with van der Waals surface area (Å²) in [5.41, 5.74) is -1.19. The number of nitrogens with one attached hydrogen (secondary N) is 1. The summed E-state index contributed by atoms with van der Waals surface area (Å²) in [6, 6.07) is 5.27. The number of benzene rings is 1. The number of rotatable bonds is 4. The van der Waals surface area contributed by atoms with Crippen LogP contribution in [-0.4, -0.2) is 41.7 Å². The van der Waals surface area contributed by atoms with E-state index in [1.807, 2.05) is 20.8 Å². The van der Waals surface area contributed by atoms with Gasteiger partial charge in [0, 0.05) is 11.7 Å². The van der Waals surface area contributed by atoms with Crippen molar-refractivity contribution in [2.45, 2.75) is 50.1 Å². The highest BCUT2D eigenvalue weighted by Gasteiger charge is 2.49. The van der Waals surface area contributed by atoms with E-state index >= 15 is 0 Å². The number of aromatic nitrogens is 2. The second kappa shape index (κ2) is 6.40. The lowest BCUT2D eigenvalue weighted by atomic mass is 9.92. The van der Waals surface area contributed by atoms with E-state index < -0.39 is 27.3 Å². The highest BCUT2D eigenvalue weighted by molar-refractivity contribution is 7.90. The summed E-state index contributed by atoms with van der Waals surface area (Å²) in [6.07, 6.45) is 1.10. The zero-order valence-corrected chi connectivity index (χ0v) is 17.1. The Morgan fingerprint density at radius 3 is 2.29 bits per heavy atom. The van der Waals surface area contributed by atoms with Gasteiger partial charge in [-0.05, 0) is 24.6 Å². The van der Waals surface area contributed by atoms with E-state index in [4.69, 9.17) is 4.52 Å². The van der Waals surface area contributed by atoms with E-state index in [1.54, 1.807) is 6.92 Å². The van der Waals surface area contributed by atoms with Gasteiger partial charge in [-0.2, -0.15) is 4.98 Å². The Morgan fingerprint density at radius 1 is 1.18 bits per heavy atom. The van der Waals surface area contributed by atoms with E-state index in [0.29, 0.717) is 11.5 Å². The Bertz CT molecular complexity index is 1040. The first-order valence-electron chi connectivity index (χ1n) is 8.60. The van der Waals surface area contributed by atoms with Crippen LogP contribution in [0.1, 0.15) is 45.0 Å². The van der Waals surface area contributed by atoms with E-state index in [-0.39, 0.29) is 22.7 Å². The molecule has 3 amide bonds. The highest BCUT2D eigenvalue weighted by Crippen LogP contribution is 2.30. The standard InChI is InChI=1S/C18H22N4O5S/c1-17(2,3)14-19-13(21-27-14)10-22-15(23)18(4,20-16(22)24)11-6-8-12(9-7-11)28(5,25)26/h6-9H,10H2,1-5H3,(H,20,24). The van der Waals surface area contributed by atoms with E-state index in [1.165, 1.54) is 24.3 Å². The van der Waals surface area contributed by atoms with Gasteiger partial charge in [-0.25, -0.2) is 13.2 Å². The third-order valence-electron chi connectivity index (χ3n) is 4.54. The molecule has 0 radical (unpaired) electrons. The molecule has 0 bridgehead atoms. The molecule has 2 aromatic rings. The third kappa shape index (κ3) is 3.51. The number of imide groups is 1. The Morgan fingerprint density at radius 2 is 1.79 bits per heavy atom. The van der Waals surface area contributed by atoms with Crippen molar-refractivity contribution in [2.75, 3.05) is 6.26 Å². The van der Waals surface area contributed by atoms with Crippen molar-refractivity contribution in [3.8, 4) is 0 Å². The molecule has 9 nitrogen and oxygen atoms in total. The second-order valence-electron chi connectivity index (χ2n) is 8.01. The van der Waals surface area contributed by atoms with Crippen molar-refractivity contribution < 1.29 is 22.5 Å². The minimum Gasteiger partial charge on any atom is -0.339 e. The van der Waals surface area contributed by atoms with Crippen LogP contribution in [0.2, 0.25) is 0 Å². The Hall–Kier alpha value is -2.75. The molecule has 1 aliphatic heterocycles. The minimum atomic E-state index is -3.36. The molecular weight excluding hydrogens is 384 g/mol. The number of urea groups is 1. The van der Waals surface area contributed by atoms with Gasteiger partial charge in [0.05, 0.1) is 11.4 Å². The highest BCUT2D eigenvalue weighted by atomic mass is 32.2. The fraction of sp³-hybridized carbons (Fsp3) is 0.444. The summed E-state index contributed by atoms with van der Waals surface area (Å²) in [7, 11) is -3.36. The summed E-state index contributed by atoms with van der Waals surface area (Å²) in [4.78, 5) is 30.8. The van der Waals surface area contributed by atoms with Gasteiger partial charge >= 0.3 is 6.03 Å². The van der Waals surface area contributed by atoms with Gasteiger partial charge in [-0.3, -0.25) is 9.69 Å². The van der Waals surface area contributed by atoms with E-state index in [9.17, 15) is 18.0 Å². The summed E-state index contributed by atoms with van der Waals surface area (Å²) >= 11 is 0. The first-order chi connectivity index (χ1) is 12.8. The SMILES string of the molecule is CC(C)(C)c1nc(CN2C(=O)NC(C)(c3ccc(S(C)(=O)=O)cc3)C2=O)no1. The quantitative estimate of drug-likeness (QED) is 0.767. The fourth-order valence-corrected chi connectivity index (χ4v) is 3.47. The lowest BCUT2D eigenvalue weighted by molar-refractivity contribution is -0.131. The third-order valence-corrected chi connectivity index (χ3v) is 5.67. The van der Waals surface area contributed by atoms with E-state index in [2.05, 4.69) is 15.5 Å². The van der Waals surface area contributed by atoms with E-state index in [0.717, 1.165) is 11.2 Å². The van der Waals surface area contributed by atoms with Gasteiger partial charge in [0.2, 0.25) is 5.89 Å². The maximum absolute atomic E-state index is 13.0. The molecule has 150 valence electrons. The first kappa shape index (κ1) is 20.0. The first-order valence-corrected chi connectivity index (χ1v) is 10.5. The van der Waals surface area contributed by atoms with Crippen LogP contribution in [0, 0.1) is 0 Å². The van der Waals surface area contributed by atoms with Gasteiger partial charge in [-0.1, -0.05) is 38.1 Å². The van der Waals surface area contributed by atoms with Crippen LogP contribution in [-0.2, 0) is 32.1 Å². The van der Waals surface area contributed by atoms with Crippen molar-refractivity contribution in [3.05, 3.63) is 41.5 Å². The molecule has 1 fully saturated rings. The topological polar surface area (TPSA) is 122 Å². The largest absolute Gasteiger partial charge is 0.339 e. The molecule has 1 aliphatic rings. The molecular formula is C18H22N4O5S. The average molecular weight is 406 g/mol. The summed E-state index contributed by atoms with van der Waals surface area (Å²) in [6.45, 7) is 7.18. The number of carbonyl (C=O) groups excluding carboxylic acids is 2. The fourth-order valence-electron chi connectivity index (χ4n) is 2.84. The van der Waals surface area contributed by atoms with Crippen LogP contribution in [0.25, 0.3) is 0 Å². The monoisotopic (exact) mass is 406 g/mol. The van der Waals surface area contributed by atoms with Crippen LogP contribution >= 0.6 is 0 Å². The molecule has 1 N–H and O–H groups in total. The Kier molecular flexibility index (Phi) is 4.57. The second-order valence-corrected chi connectivity index (χ2v) is 10.0. The Balaban J connectivity index is 1.85. The molecule has 1 aromatic heterocycles. The van der Waals surface area contributed by atoms with Gasteiger partial charge in [-0.15, -0.1) is 0 Å². The van der Waals surface area contributed by atoms with Crippen molar-refractivity contribution in [1.29, 1.82) is 0 Å². The lowest BCUT2D eigenvalue weighted by Crippen LogP contribution is -2.40. The van der Waals surface area contributed by atoms with Crippen molar-refractivity contribution >= 4 is 21.8 Å². The predicted octanol–water partition coefficient (Wildman–Crippen LogP) is 1.74. The van der Waals surface area contributed by atoms with Gasteiger partial charge in [0.1, 0.15) is 5.54 Å². The van der Waals surface area contributed by atoms with Crippen molar-refractivity contribution in [2.24, 2.45) is 0 Å². The maximum Gasteiger partial charge on any atom is 0.325 e.